The van der Waals surface area contributed by atoms with Crippen LogP contribution >= 0.6 is 0 Å². The molecule has 1 aliphatic heterocycles. The van der Waals surface area contributed by atoms with E-state index in [1.165, 1.54) is 17.1 Å². The van der Waals surface area contributed by atoms with E-state index in [4.69, 9.17) is 4.74 Å². The molecule has 1 unspecified atom stereocenters. The van der Waals surface area contributed by atoms with E-state index >= 15 is 0 Å². The van der Waals surface area contributed by atoms with E-state index in [1.807, 2.05) is 13.8 Å². The molecule has 1 atom stereocenters. The highest BCUT2D eigenvalue weighted by Gasteiger charge is 2.24. The van der Waals surface area contributed by atoms with Gasteiger partial charge in [-0.1, -0.05) is 39.3 Å². The quantitative estimate of drug-likeness (QED) is 0.0899. The number of hydrogen-bond acceptors (Lipinski definition) is 8. The van der Waals surface area contributed by atoms with Crippen molar-refractivity contribution in [3.05, 3.63) is 42.0 Å². The smallest absolute Gasteiger partial charge is 0.305 e. The predicted molar refractivity (Wildman–Crippen MR) is 159 cm³/mol. The first kappa shape index (κ1) is 36.5. The largest absolute Gasteiger partial charge is 0.461 e. The maximum absolute atomic E-state index is 12.5. The van der Waals surface area contributed by atoms with Crippen LogP contribution in [0, 0.1) is 5.92 Å². The molecule has 0 saturated carbocycles. The van der Waals surface area contributed by atoms with Crippen LogP contribution in [-0.4, -0.2) is 72.5 Å². The number of amides is 6. The first-order valence-corrected chi connectivity index (χ1v) is 14.3. The summed E-state index contributed by atoms with van der Waals surface area (Å²) >= 11 is 0. The topological polar surface area (TPSA) is 180 Å². The van der Waals surface area contributed by atoms with Crippen LogP contribution in [0.15, 0.2) is 36.4 Å². The number of ether oxygens (including phenoxy) is 1. The van der Waals surface area contributed by atoms with Gasteiger partial charge in [-0.3, -0.25) is 38.5 Å². The molecular formula is C30H43N5O8. The molecule has 13 heteroatoms. The van der Waals surface area contributed by atoms with E-state index in [-0.39, 0.29) is 49.2 Å². The summed E-state index contributed by atoms with van der Waals surface area (Å²) in [5, 5.41) is 10.5. The summed E-state index contributed by atoms with van der Waals surface area (Å²) < 4.78 is 5.06. The first-order chi connectivity index (χ1) is 20.5. The molecule has 0 fully saturated rings. The summed E-state index contributed by atoms with van der Waals surface area (Å²) in [6.07, 6.45) is 6.03. The molecule has 13 nitrogen and oxygen atoms in total. The number of nitrogens with one attached hydrogen (secondary N) is 4. The predicted octanol–water partition coefficient (Wildman–Crippen LogP) is 1.57. The highest BCUT2D eigenvalue weighted by Crippen LogP contribution is 2.11. The standard InChI is InChI=1S/C24H36N4O6.C6H7NO2/c1-4-22(32)34-15-18-9-11-19(12-10-18)27-21(31)14-26-24(33)23(17(2)3)28-20(30)8-6-5-7-13-25-16-29;1-2-7-5(8)3-4-6(7)9/h9-12,16-17,23H,4-8,13-15H2,1-3H3,(H,25,29)(H,26,33)(H,27,31)(H,28,30);3-4H,2H2,1H3. The Morgan fingerprint density at radius 2 is 1.58 bits per heavy atom. The second-order valence-corrected chi connectivity index (χ2v) is 9.90. The molecule has 43 heavy (non-hydrogen) atoms. The third kappa shape index (κ3) is 14.8. The van der Waals surface area contributed by atoms with E-state index in [0.717, 1.165) is 18.4 Å². The molecule has 1 aliphatic rings. The number of carbonyl (C=O) groups is 7. The second-order valence-electron chi connectivity index (χ2n) is 9.90. The summed E-state index contributed by atoms with van der Waals surface area (Å²) in [7, 11) is 0. The number of likely N-dealkylation sites (N-methyl/N-ethyl adjacent to an activating group) is 1. The van der Waals surface area contributed by atoms with Crippen molar-refractivity contribution in [2.75, 3.05) is 25.0 Å². The minimum Gasteiger partial charge on any atom is -0.461 e. The summed E-state index contributed by atoms with van der Waals surface area (Å²) in [5.41, 5.74) is 1.34. The maximum atomic E-state index is 12.5. The van der Waals surface area contributed by atoms with Crippen LogP contribution in [0.3, 0.4) is 0 Å². The number of imide groups is 1. The Hall–Kier alpha value is -4.55. The average Bonchev–Trinajstić information content (AvgIpc) is 3.32. The number of anilines is 1. The first-order valence-electron chi connectivity index (χ1n) is 14.3. The molecule has 1 heterocycles. The Labute approximate surface area is 252 Å². The van der Waals surface area contributed by atoms with Crippen molar-refractivity contribution in [2.45, 2.75) is 72.4 Å². The van der Waals surface area contributed by atoms with Gasteiger partial charge in [0.05, 0.1) is 6.54 Å². The van der Waals surface area contributed by atoms with E-state index in [9.17, 15) is 33.6 Å². The fourth-order valence-electron chi connectivity index (χ4n) is 3.70. The Morgan fingerprint density at radius 1 is 0.930 bits per heavy atom. The van der Waals surface area contributed by atoms with Crippen LogP contribution in [0.4, 0.5) is 5.69 Å². The highest BCUT2D eigenvalue weighted by atomic mass is 16.5. The van der Waals surface area contributed by atoms with Gasteiger partial charge in [-0.25, -0.2) is 0 Å². The Morgan fingerprint density at radius 3 is 2.12 bits per heavy atom. The molecule has 4 N–H and O–H groups in total. The highest BCUT2D eigenvalue weighted by molar-refractivity contribution is 6.12. The van der Waals surface area contributed by atoms with Gasteiger partial charge < -0.3 is 26.0 Å². The van der Waals surface area contributed by atoms with Gasteiger partial charge in [0.15, 0.2) is 0 Å². The van der Waals surface area contributed by atoms with Crippen LogP contribution in [-0.2, 0) is 44.9 Å². The fourth-order valence-corrected chi connectivity index (χ4v) is 3.70. The lowest BCUT2D eigenvalue weighted by Gasteiger charge is -2.21. The van der Waals surface area contributed by atoms with Crippen molar-refractivity contribution < 1.29 is 38.3 Å². The lowest BCUT2D eigenvalue weighted by Crippen LogP contribution is -2.51. The minimum atomic E-state index is -0.748. The lowest BCUT2D eigenvalue weighted by molar-refractivity contribution is -0.144. The molecule has 0 radical (unpaired) electrons. The van der Waals surface area contributed by atoms with Crippen molar-refractivity contribution in [3.8, 4) is 0 Å². The molecule has 0 spiro atoms. The van der Waals surface area contributed by atoms with E-state index in [2.05, 4.69) is 21.3 Å². The van der Waals surface area contributed by atoms with Gasteiger partial charge in [0.2, 0.25) is 24.1 Å². The normalized spacial score (nSPS) is 12.6. The summed E-state index contributed by atoms with van der Waals surface area (Å²) in [6.45, 7) is 8.07. The number of carbonyl (C=O) groups excluding carboxylic acids is 7. The number of benzene rings is 1. The SMILES string of the molecule is CCC(=O)OCc1ccc(NC(=O)CNC(=O)C(NC(=O)CCCCCNC=O)C(C)C)cc1.CCN1C(=O)C=CC1=O. The van der Waals surface area contributed by atoms with Gasteiger partial charge in [0, 0.05) is 43.8 Å². The molecule has 2 rings (SSSR count). The average molecular weight is 602 g/mol. The Kier molecular flexibility index (Phi) is 17.3. The van der Waals surface area contributed by atoms with Crippen molar-refractivity contribution in [3.63, 3.8) is 0 Å². The molecular weight excluding hydrogens is 558 g/mol. The van der Waals surface area contributed by atoms with Crippen molar-refractivity contribution in [2.24, 2.45) is 5.92 Å². The summed E-state index contributed by atoms with van der Waals surface area (Å²) in [4.78, 5) is 80.8. The van der Waals surface area contributed by atoms with Gasteiger partial charge >= 0.3 is 5.97 Å². The third-order valence-corrected chi connectivity index (χ3v) is 6.14. The molecule has 0 aliphatic carbocycles. The summed E-state index contributed by atoms with van der Waals surface area (Å²) in [5.74, 6) is -1.92. The van der Waals surface area contributed by atoms with Crippen molar-refractivity contribution >= 4 is 47.6 Å². The second kappa shape index (κ2) is 20.3. The van der Waals surface area contributed by atoms with Gasteiger partial charge in [0.1, 0.15) is 12.6 Å². The van der Waals surface area contributed by atoms with Crippen LogP contribution in [0.1, 0.15) is 65.4 Å². The Balaban J connectivity index is 0.000000869. The monoisotopic (exact) mass is 601 g/mol. The minimum absolute atomic E-state index is 0.154. The fraction of sp³-hybridized carbons (Fsp3) is 0.500. The zero-order valence-corrected chi connectivity index (χ0v) is 25.3. The van der Waals surface area contributed by atoms with Crippen LogP contribution in [0.2, 0.25) is 0 Å². The van der Waals surface area contributed by atoms with Crippen molar-refractivity contribution in [1.82, 2.24) is 20.9 Å². The number of nitrogens with zero attached hydrogens (tertiary/aromatic N) is 1. The van der Waals surface area contributed by atoms with Gasteiger partial charge in [-0.2, -0.15) is 0 Å². The molecule has 0 saturated heterocycles. The maximum Gasteiger partial charge on any atom is 0.305 e. The van der Waals surface area contributed by atoms with Crippen LogP contribution in [0.5, 0.6) is 0 Å². The van der Waals surface area contributed by atoms with Gasteiger partial charge in [-0.15, -0.1) is 0 Å². The molecule has 6 amide bonds. The van der Waals surface area contributed by atoms with Crippen LogP contribution < -0.4 is 21.3 Å². The third-order valence-electron chi connectivity index (χ3n) is 6.14. The van der Waals surface area contributed by atoms with Crippen molar-refractivity contribution in [1.29, 1.82) is 0 Å². The lowest BCUT2D eigenvalue weighted by atomic mass is 10.0. The molecule has 1 aromatic carbocycles. The van der Waals surface area contributed by atoms with E-state index in [0.29, 0.717) is 38.0 Å². The number of esters is 1. The zero-order valence-electron chi connectivity index (χ0n) is 25.3. The number of rotatable bonds is 17. The summed E-state index contributed by atoms with van der Waals surface area (Å²) in [6, 6.07) is 6.09. The van der Waals surface area contributed by atoms with Gasteiger partial charge in [-0.05, 0) is 43.4 Å². The van der Waals surface area contributed by atoms with Crippen LogP contribution in [0.25, 0.3) is 0 Å². The molecule has 1 aromatic rings. The Bertz CT molecular complexity index is 1120. The van der Waals surface area contributed by atoms with E-state index in [1.54, 1.807) is 38.1 Å². The van der Waals surface area contributed by atoms with E-state index < -0.39 is 17.9 Å². The molecule has 236 valence electrons. The molecule has 0 aromatic heterocycles. The van der Waals surface area contributed by atoms with Gasteiger partial charge in [0.25, 0.3) is 11.8 Å². The zero-order chi connectivity index (χ0) is 32.2. The number of unbranched alkanes of at least 4 members (excludes halogenated alkanes) is 2. The molecule has 0 bridgehead atoms. The number of hydrogen-bond donors (Lipinski definition) is 4.